The standard InChI is InChI=1S/C27H45O9P/c1-15(23(36-37(33,34)35)8-9-24(2,3)31)16-7-11-27(32)18-12-20(28)19-13-21(29)22(30)14-25(19,4)17(18)6-10-26(16,27)5/h12,15-17,19,21-23,29-32H,6-11,13-14H2,1-5H3,(H2,33,34,35)/t15-,16?,17?,19-,21+,22-,23+,25+,26+,27+/m0/s1. The molecule has 212 valence electrons. The van der Waals surface area contributed by atoms with E-state index in [1.54, 1.807) is 19.9 Å². The van der Waals surface area contributed by atoms with Gasteiger partial charge < -0.3 is 30.2 Å². The van der Waals surface area contributed by atoms with Crippen LogP contribution in [0.25, 0.3) is 0 Å². The van der Waals surface area contributed by atoms with Gasteiger partial charge in [0.2, 0.25) is 0 Å². The van der Waals surface area contributed by atoms with Crippen molar-refractivity contribution in [3.05, 3.63) is 11.6 Å². The number of aliphatic hydroxyl groups excluding tert-OH is 2. The summed E-state index contributed by atoms with van der Waals surface area (Å²) in [5.74, 6) is -1.05. The van der Waals surface area contributed by atoms with Gasteiger partial charge in [-0.15, -0.1) is 0 Å². The number of aliphatic hydroxyl groups is 4. The fraction of sp³-hybridized carbons (Fsp3) is 0.889. The molecule has 2 unspecified atom stereocenters. The topological polar surface area (TPSA) is 165 Å². The van der Waals surface area contributed by atoms with Gasteiger partial charge >= 0.3 is 7.82 Å². The summed E-state index contributed by atoms with van der Waals surface area (Å²) < 4.78 is 17.1. The van der Waals surface area contributed by atoms with E-state index in [9.17, 15) is 39.6 Å². The number of hydrogen-bond donors (Lipinski definition) is 6. The molecule has 0 aromatic carbocycles. The molecule has 10 atom stereocenters. The van der Waals surface area contributed by atoms with Crippen LogP contribution in [0.15, 0.2) is 11.6 Å². The smallest absolute Gasteiger partial charge is 0.390 e. The monoisotopic (exact) mass is 544 g/mol. The van der Waals surface area contributed by atoms with Crippen molar-refractivity contribution in [1.29, 1.82) is 0 Å². The third-order valence-electron chi connectivity index (χ3n) is 10.7. The minimum atomic E-state index is -4.79. The Balaban J connectivity index is 1.66. The van der Waals surface area contributed by atoms with E-state index < -0.39 is 54.1 Å². The lowest BCUT2D eigenvalue weighted by molar-refractivity contribution is -0.154. The molecular weight excluding hydrogens is 499 g/mol. The van der Waals surface area contributed by atoms with Crippen LogP contribution in [0.2, 0.25) is 0 Å². The first-order valence-corrected chi connectivity index (χ1v) is 15.2. The van der Waals surface area contributed by atoms with E-state index in [1.165, 1.54) is 0 Å². The van der Waals surface area contributed by atoms with Crippen LogP contribution >= 0.6 is 7.82 Å². The second-order valence-electron chi connectivity index (χ2n) is 13.5. The molecule has 10 heteroatoms. The van der Waals surface area contributed by atoms with Crippen LogP contribution in [0, 0.1) is 34.5 Å². The molecule has 4 rings (SSSR count). The zero-order valence-corrected chi connectivity index (χ0v) is 23.5. The van der Waals surface area contributed by atoms with Gasteiger partial charge in [0.15, 0.2) is 5.78 Å². The molecule has 0 heterocycles. The number of phosphoric ester groups is 1. The Kier molecular flexibility index (Phi) is 7.52. The van der Waals surface area contributed by atoms with Gasteiger partial charge in [0, 0.05) is 11.3 Å². The SMILES string of the molecule is C[C@@H](C1CC[C@@]2(O)C3=CC(=O)[C@@H]4C[C@@H](O)[C@@H](O)C[C@]4(C)C3CC[C@]12C)[C@@H](CCC(C)(C)O)OP(=O)(O)O. The Morgan fingerprint density at radius 1 is 1.14 bits per heavy atom. The summed E-state index contributed by atoms with van der Waals surface area (Å²) >= 11 is 0. The largest absolute Gasteiger partial charge is 0.469 e. The van der Waals surface area contributed by atoms with Crippen molar-refractivity contribution in [2.45, 2.75) is 115 Å². The highest BCUT2D eigenvalue weighted by atomic mass is 31.2. The summed E-state index contributed by atoms with van der Waals surface area (Å²) in [4.78, 5) is 32.5. The molecule has 0 spiro atoms. The van der Waals surface area contributed by atoms with E-state index in [1.807, 2.05) is 20.8 Å². The summed E-state index contributed by atoms with van der Waals surface area (Å²) in [6, 6.07) is 0. The maximum atomic E-state index is 13.3. The van der Waals surface area contributed by atoms with Crippen LogP contribution in [0.4, 0.5) is 0 Å². The summed E-state index contributed by atoms with van der Waals surface area (Å²) in [6.07, 6.45) is 2.42. The highest BCUT2D eigenvalue weighted by molar-refractivity contribution is 7.46. The van der Waals surface area contributed by atoms with E-state index in [-0.39, 0.29) is 36.4 Å². The van der Waals surface area contributed by atoms with Gasteiger partial charge in [0.05, 0.1) is 29.5 Å². The van der Waals surface area contributed by atoms with Gasteiger partial charge in [0.1, 0.15) is 0 Å². The Morgan fingerprint density at radius 2 is 1.78 bits per heavy atom. The molecule has 0 amide bonds. The van der Waals surface area contributed by atoms with E-state index in [2.05, 4.69) is 0 Å². The molecule has 37 heavy (non-hydrogen) atoms. The van der Waals surface area contributed by atoms with Crippen LogP contribution in [-0.2, 0) is 13.9 Å². The maximum Gasteiger partial charge on any atom is 0.469 e. The third-order valence-corrected chi connectivity index (χ3v) is 11.3. The number of allylic oxidation sites excluding steroid dienone is 1. The Hall–Kier alpha value is -0.640. The zero-order valence-electron chi connectivity index (χ0n) is 22.6. The molecule has 0 aromatic heterocycles. The second kappa shape index (κ2) is 9.48. The number of carbonyl (C=O) groups excluding carboxylic acids is 1. The highest BCUT2D eigenvalue weighted by Crippen LogP contribution is 2.68. The van der Waals surface area contributed by atoms with Crippen LogP contribution in [0.1, 0.15) is 86.0 Å². The van der Waals surface area contributed by atoms with Gasteiger partial charge in [-0.05, 0) is 100 Å². The summed E-state index contributed by atoms with van der Waals surface area (Å²) in [6.45, 7) is 9.20. The van der Waals surface area contributed by atoms with Crippen molar-refractivity contribution in [3.63, 3.8) is 0 Å². The van der Waals surface area contributed by atoms with Gasteiger partial charge in [-0.2, -0.15) is 0 Å². The Labute approximate surface area is 219 Å². The zero-order chi connectivity index (χ0) is 27.8. The number of rotatable bonds is 7. The van der Waals surface area contributed by atoms with Crippen molar-refractivity contribution < 1.29 is 44.1 Å². The number of phosphoric acid groups is 1. The molecule has 4 aliphatic carbocycles. The first-order valence-electron chi connectivity index (χ1n) is 13.6. The molecule has 0 aliphatic heterocycles. The molecule has 0 aromatic rings. The number of ketones is 1. The summed E-state index contributed by atoms with van der Waals surface area (Å²) in [5, 5.41) is 43.3. The van der Waals surface area contributed by atoms with E-state index >= 15 is 0 Å². The van der Waals surface area contributed by atoms with Crippen molar-refractivity contribution in [1.82, 2.24) is 0 Å². The second-order valence-corrected chi connectivity index (χ2v) is 14.7. The summed E-state index contributed by atoms with van der Waals surface area (Å²) in [5.41, 5.74) is -2.77. The van der Waals surface area contributed by atoms with Gasteiger partial charge in [-0.1, -0.05) is 20.8 Å². The average molecular weight is 545 g/mol. The molecular formula is C27H45O9P. The lowest BCUT2D eigenvalue weighted by atomic mass is 9.46. The quantitative estimate of drug-likeness (QED) is 0.264. The normalized spacial score (nSPS) is 43.9. The van der Waals surface area contributed by atoms with Gasteiger partial charge in [-0.25, -0.2) is 4.57 Å². The molecule has 0 saturated heterocycles. The van der Waals surface area contributed by atoms with Crippen LogP contribution < -0.4 is 0 Å². The molecule has 3 saturated carbocycles. The fourth-order valence-corrected chi connectivity index (χ4v) is 9.25. The lowest BCUT2D eigenvalue weighted by Gasteiger charge is -2.60. The number of carbonyl (C=O) groups is 1. The maximum absolute atomic E-state index is 13.3. The number of fused-ring (bicyclic) bond motifs is 5. The van der Waals surface area contributed by atoms with E-state index in [0.717, 1.165) is 0 Å². The van der Waals surface area contributed by atoms with Crippen LogP contribution in [0.5, 0.6) is 0 Å². The first kappa shape index (κ1) is 29.3. The minimum Gasteiger partial charge on any atom is -0.390 e. The van der Waals surface area contributed by atoms with Crippen molar-refractivity contribution in [2.75, 3.05) is 0 Å². The van der Waals surface area contributed by atoms with E-state index in [4.69, 9.17) is 4.52 Å². The molecule has 3 fully saturated rings. The lowest BCUT2D eigenvalue weighted by Crippen LogP contribution is -2.61. The molecule has 9 nitrogen and oxygen atoms in total. The Bertz CT molecular complexity index is 985. The van der Waals surface area contributed by atoms with Gasteiger partial charge in [-0.3, -0.25) is 9.32 Å². The molecule has 0 radical (unpaired) electrons. The van der Waals surface area contributed by atoms with Crippen LogP contribution in [0.3, 0.4) is 0 Å². The van der Waals surface area contributed by atoms with Crippen molar-refractivity contribution >= 4 is 13.6 Å². The van der Waals surface area contributed by atoms with Crippen LogP contribution in [-0.4, -0.2) is 65.5 Å². The third kappa shape index (κ3) is 5.04. The first-order chi connectivity index (χ1) is 16.8. The fourth-order valence-electron chi connectivity index (χ4n) is 8.60. The summed E-state index contributed by atoms with van der Waals surface area (Å²) in [7, 11) is -4.79. The highest BCUT2D eigenvalue weighted by Gasteiger charge is 2.67. The number of hydrogen-bond acceptors (Lipinski definition) is 7. The predicted molar refractivity (Wildman–Crippen MR) is 136 cm³/mol. The van der Waals surface area contributed by atoms with E-state index in [0.29, 0.717) is 44.1 Å². The Morgan fingerprint density at radius 3 is 2.38 bits per heavy atom. The van der Waals surface area contributed by atoms with Crippen molar-refractivity contribution in [2.24, 2.45) is 34.5 Å². The average Bonchev–Trinajstić information content (AvgIpc) is 3.03. The van der Waals surface area contributed by atoms with Crippen molar-refractivity contribution in [3.8, 4) is 0 Å². The minimum absolute atomic E-state index is 0.0955. The van der Waals surface area contributed by atoms with Gasteiger partial charge in [0.25, 0.3) is 0 Å². The predicted octanol–water partition coefficient (Wildman–Crippen LogP) is 2.86. The molecule has 4 aliphatic rings. The molecule has 0 bridgehead atoms. The molecule has 6 N–H and O–H groups in total.